The second kappa shape index (κ2) is 7.71. The Balaban J connectivity index is 2.09. The number of benzene rings is 2. The van der Waals surface area contributed by atoms with Crippen molar-refractivity contribution < 1.29 is 22.7 Å². The van der Waals surface area contributed by atoms with Crippen LogP contribution in [-0.2, 0) is 19.6 Å². The minimum absolute atomic E-state index is 0.101. The third kappa shape index (κ3) is 4.40. The van der Waals surface area contributed by atoms with E-state index in [9.17, 15) is 18.0 Å². The molecule has 0 saturated heterocycles. The fourth-order valence-electron chi connectivity index (χ4n) is 1.94. The van der Waals surface area contributed by atoms with Gasteiger partial charge in [-0.3, -0.25) is 4.79 Å². The Labute approximate surface area is 139 Å². The van der Waals surface area contributed by atoms with Crippen LogP contribution in [0.1, 0.15) is 10.4 Å². The number of para-hydroxylation sites is 1. The van der Waals surface area contributed by atoms with Crippen molar-refractivity contribution in [2.45, 2.75) is 4.90 Å². The summed E-state index contributed by atoms with van der Waals surface area (Å²) >= 11 is 0. The van der Waals surface area contributed by atoms with E-state index in [0.29, 0.717) is 5.69 Å². The topological polar surface area (TPSA) is 102 Å². The standard InChI is InChI=1S/C16H16N2O5S/c1-23-16(20)13-9-5-6-10-14(13)24(21,22)17-11-15(19)18-12-7-3-2-4-8-12/h2-10,17H,11H2,1H3,(H,18,19). The number of nitrogens with one attached hydrogen (secondary N) is 2. The number of ether oxygens (including phenoxy) is 1. The van der Waals surface area contributed by atoms with Crippen LogP contribution in [-0.4, -0.2) is 33.9 Å². The van der Waals surface area contributed by atoms with Gasteiger partial charge < -0.3 is 10.1 Å². The molecule has 0 unspecified atom stereocenters. The SMILES string of the molecule is COC(=O)c1ccccc1S(=O)(=O)NCC(=O)Nc1ccccc1. The molecule has 0 aliphatic carbocycles. The first-order chi connectivity index (χ1) is 11.4. The van der Waals surface area contributed by atoms with Gasteiger partial charge in [0.05, 0.1) is 24.1 Å². The molecule has 8 heteroatoms. The molecule has 0 atom stereocenters. The molecule has 0 aromatic heterocycles. The number of rotatable bonds is 6. The number of sulfonamides is 1. The van der Waals surface area contributed by atoms with Crippen LogP contribution in [0.25, 0.3) is 0 Å². The Hall–Kier alpha value is -2.71. The van der Waals surface area contributed by atoms with Crippen molar-refractivity contribution in [3.05, 3.63) is 60.2 Å². The molecule has 2 aromatic carbocycles. The molecule has 24 heavy (non-hydrogen) atoms. The van der Waals surface area contributed by atoms with Gasteiger partial charge in [-0.05, 0) is 24.3 Å². The summed E-state index contributed by atoms with van der Waals surface area (Å²) in [6.45, 7) is -0.466. The Kier molecular flexibility index (Phi) is 5.67. The van der Waals surface area contributed by atoms with Crippen molar-refractivity contribution in [3.8, 4) is 0 Å². The first-order valence-corrected chi connectivity index (χ1v) is 8.44. The molecule has 2 rings (SSSR count). The Morgan fingerprint density at radius 3 is 2.29 bits per heavy atom. The van der Waals surface area contributed by atoms with Crippen molar-refractivity contribution in [1.82, 2.24) is 4.72 Å². The normalized spacial score (nSPS) is 10.9. The summed E-state index contributed by atoms with van der Waals surface area (Å²) < 4.78 is 31.4. The molecular weight excluding hydrogens is 332 g/mol. The molecule has 0 saturated carbocycles. The molecule has 0 radical (unpaired) electrons. The molecule has 126 valence electrons. The number of methoxy groups -OCH3 is 1. The lowest BCUT2D eigenvalue weighted by molar-refractivity contribution is -0.115. The number of carbonyl (C=O) groups is 2. The first kappa shape index (κ1) is 17.6. The van der Waals surface area contributed by atoms with Gasteiger partial charge in [-0.1, -0.05) is 30.3 Å². The lowest BCUT2D eigenvalue weighted by atomic mass is 10.2. The van der Waals surface area contributed by atoms with E-state index >= 15 is 0 Å². The van der Waals surface area contributed by atoms with Crippen LogP contribution in [0.5, 0.6) is 0 Å². The summed E-state index contributed by atoms with van der Waals surface area (Å²) in [4.78, 5) is 23.3. The van der Waals surface area contributed by atoms with Crippen molar-refractivity contribution in [2.24, 2.45) is 0 Å². The highest BCUT2D eigenvalue weighted by Crippen LogP contribution is 2.16. The predicted octanol–water partition coefficient (Wildman–Crippen LogP) is 1.39. The van der Waals surface area contributed by atoms with Crippen LogP contribution in [0, 0.1) is 0 Å². The summed E-state index contributed by atoms with van der Waals surface area (Å²) in [5.74, 6) is -1.30. The predicted molar refractivity (Wildman–Crippen MR) is 88.0 cm³/mol. The molecule has 0 bridgehead atoms. The first-order valence-electron chi connectivity index (χ1n) is 6.96. The summed E-state index contributed by atoms with van der Waals surface area (Å²) in [6.07, 6.45) is 0. The number of carbonyl (C=O) groups excluding carboxylic acids is 2. The van der Waals surface area contributed by atoms with E-state index in [1.54, 1.807) is 30.3 Å². The van der Waals surface area contributed by atoms with Gasteiger partial charge in [0.2, 0.25) is 15.9 Å². The van der Waals surface area contributed by atoms with E-state index in [1.165, 1.54) is 24.3 Å². The maximum absolute atomic E-state index is 12.3. The van der Waals surface area contributed by atoms with E-state index in [-0.39, 0.29) is 10.5 Å². The summed E-state index contributed by atoms with van der Waals surface area (Å²) in [5, 5.41) is 2.56. The number of hydrogen-bond acceptors (Lipinski definition) is 5. The van der Waals surface area contributed by atoms with Crippen molar-refractivity contribution in [1.29, 1.82) is 0 Å². The number of esters is 1. The van der Waals surface area contributed by atoms with Crippen LogP contribution >= 0.6 is 0 Å². The van der Waals surface area contributed by atoms with Crippen LogP contribution in [0.3, 0.4) is 0 Å². The largest absolute Gasteiger partial charge is 0.465 e. The van der Waals surface area contributed by atoms with E-state index in [4.69, 9.17) is 0 Å². The minimum Gasteiger partial charge on any atom is -0.465 e. The van der Waals surface area contributed by atoms with Gasteiger partial charge in [0, 0.05) is 5.69 Å². The highest BCUT2D eigenvalue weighted by atomic mass is 32.2. The molecule has 0 heterocycles. The highest BCUT2D eigenvalue weighted by molar-refractivity contribution is 7.89. The van der Waals surface area contributed by atoms with Gasteiger partial charge in [0.15, 0.2) is 0 Å². The van der Waals surface area contributed by atoms with Crippen LogP contribution < -0.4 is 10.0 Å². The van der Waals surface area contributed by atoms with E-state index in [2.05, 4.69) is 14.8 Å². The molecule has 1 amide bonds. The average molecular weight is 348 g/mol. The molecule has 0 fully saturated rings. The third-order valence-corrected chi connectivity index (χ3v) is 4.52. The van der Waals surface area contributed by atoms with E-state index in [1.807, 2.05) is 0 Å². The number of amides is 1. The number of hydrogen-bond donors (Lipinski definition) is 2. The van der Waals surface area contributed by atoms with Crippen LogP contribution in [0.4, 0.5) is 5.69 Å². The van der Waals surface area contributed by atoms with Gasteiger partial charge in [0.1, 0.15) is 0 Å². The quantitative estimate of drug-likeness (QED) is 0.768. The molecule has 0 spiro atoms. The zero-order valence-corrected chi connectivity index (χ0v) is 13.7. The smallest absolute Gasteiger partial charge is 0.339 e. The summed E-state index contributed by atoms with van der Waals surface area (Å²) in [5.41, 5.74) is 0.452. The third-order valence-electron chi connectivity index (χ3n) is 3.06. The Morgan fingerprint density at radius 2 is 1.62 bits per heavy atom. The van der Waals surface area contributed by atoms with Gasteiger partial charge in [-0.2, -0.15) is 0 Å². The molecular formula is C16H16N2O5S. The minimum atomic E-state index is -4.05. The van der Waals surface area contributed by atoms with E-state index in [0.717, 1.165) is 7.11 Å². The number of anilines is 1. The monoisotopic (exact) mass is 348 g/mol. The second-order valence-corrected chi connectivity index (χ2v) is 6.46. The second-order valence-electron chi connectivity index (χ2n) is 4.73. The lowest BCUT2D eigenvalue weighted by Crippen LogP contribution is -2.33. The highest BCUT2D eigenvalue weighted by Gasteiger charge is 2.23. The maximum atomic E-state index is 12.3. The fourth-order valence-corrected chi connectivity index (χ4v) is 3.12. The van der Waals surface area contributed by atoms with Crippen LogP contribution in [0.2, 0.25) is 0 Å². The van der Waals surface area contributed by atoms with E-state index < -0.39 is 28.4 Å². The molecule has 2 aromatic rings. The molecule has 7 nitrogen and oxygen atoms in total. The van der Waals surface area contributed by atoms with Gasteiger partial charge in [0.25, 0.3) is 0 Å². The Morgan fingerprint density at radius 1 is 1.00 bits per heavy atom. The zero-order valence-electron chi connectivity index (χ0n) is 12.9. The molecule has 0 aliphatic rings. The summed E-state index contributed by atoms with van der Waals surface area (Å²) in [6, 6.07) is 14.2. The Bertz CT molecular complexity index is 835. The average Bonchev–Trinajstić information content (AvgIpc) is 2.60. The van der Waals surface area contributed by atoms with Gasteiger partial charge >= 0.3 is 5.97 Å². The lowest BCUT2D eigenvalue weighted by Gasteiger charge is -2.10. The fraction of sp³-hybridized carbons (Fsp3) is 0.125. The zero-order chi connectivity index (χ0) is 17.6. The van der Waals surface area contributed by atoms with Crippen molar-refractivity contribution in [3.63, 3.8) is 0 Å². The van der Waals surface area contributed by atoms with Gasteiger partial charge in [-0.25, -0.2) is 17.9 Å². The van der Waals surface area contributed by atoms with Crippen molar-refractivity contribution >= 4 is 27.6 Å². The maximum Gasteiger partial charge on any atom is 0.339 e. The van der Waals surface area contributed by atoms with Crippen molar-refractivity contribution in [2.75, 3.05) is 19.0 Å². The van der Waals surface area contributed by atoms with Crippen LogP contribution in [0.15, 0.2) is 59.5 Å². The molecule has 0 aliphatic heterocycles. The summed E-state index contributed by atoms with van der Waals surface area (Å²) in [7, 11) is -2.89. The molecule has 2 N–H and O–H groups in total. The van der Waals surface area contributed by atoms with Gasteiger partial charge in [-0.15, -0.1) is 0 Å².